The molecule has 10 nitrogen and oxygen atoms in total. The van der Waals surface area contributed by atoms with Crippen molar-refractivity contribution in [1.29, 1.82) is 5.26 Å². The standard InChI is InChI=1S/C22H15N3O7/c1-31-16-6-8-18(19(11-16)25(29)30)24-21(26)15(12-23)10-17-7-9-20(32-17)13-2-4-14(5-3-13)22(27)28/h2-11H,1H3,(H,24,26)(H,27,28)/b15-10+. The second kappa shape index (κ2) is 9.27. The zero-order valence-electron chi connectivity index (χ0n) is 16.6. The van der Waals surface area contributed by atoms with Crippen molar-refractivity contribution in [2.75, 3.05) is 12.4 Å². The van der Waals surface area contributed by atoms with Crippen LogP contribution >= 0.6 is 0 Å². The van der Waals surface area contributed by atoms with Crippen molar-refractivity contribution < 1.29 is 28.8 Å². The molecule has 0 atom stereocenters. The Balaban J connectivity index is 1.82. The number of benzene rings is 2. The lowest BCUT2D eigenvalue weighted by atomic mass is 10.1. The third kappa shape index (κ3) is 4.80. The van der Waals surface area contributed by atoms with Gasteiger partial charge >= 0.3 is 5.97 Å². The van der Waals surface area contributed by atoms with E-state index in [9.17, 15) is 25.0 Å². The highest BCUT2D eigenvalue weighted by atomic mass is 16.6. The number of nitro groups is 1. The number of amides is 1. The number of ether oxygens (including phenoxy) is 1. The summed E-state index contributed by atoms with van der Waals surface area (Å²) in [6, 6.07) is 14.7. The SMILES string of the molecule is COc1ccc(NC(=O)/C(C#N)=C/c2ccc(-c3ccc(C(=O)O)cc3)o2)c([N+](=O)[O-])c1. The first-order valence-corrected chi connectivity index (χ1v) is 9.01. The van der Waals surface area contributed by atoms with Gasteiger partial charge in [0.25, 0.3) is 11.6 Å². The number of carbonyl (C=O) groups is 2. The second-order valence-corrected chi connectivity index (χ2v) is 6.35. The highest BCUT2D eigenvalue weighted by Gasteiger charge is 2.19. The molecule has 0 saturated carbocycles. The van der Waals surface area contributed by atoms with Gasteiger partial charge in [0.15, 0.2) is 0 Å². The summed E-state index contributed by atoms with van der Waals surface area (Å²) < 4.78 is 10.6. The summed E-state index contributed by atoms with van der Waals surface area (Å²) in [6.45, 7) is 0. The summed E-state index contributed by atoms with van der Waals surface area (Å²) in [6.07, 6.45) is 1.19. The molecular formula is C22H15N3O7. The number of aromatic carboxylic acids is 1. The molecule has 0 bridgehead atoms. The summed E-state index contributed by atoms with van der Waals surface area (Å²) in [5, 5.41) is 32.0. The summed E-state index contributed by atoms with van der Waals surface area (Å²) >= 11 is 0. The smallest absolute Gasteiger partial charge is 0.335 e. The molecule has 32 heavy (non-hydrogen) atoms. The molecule has 10 heteroatoms. The van der Waals surface area contributed by atoms with Crippen molar-refractivity contribution in [3.05, 3.63) is 81.6 Å². The number of carboxylic acid groups (broad SMARTS) is 1. The molecule has 0 aliphatic rings. The largest absolute Gasteiger partial charge is 0.496 e. The van der Waals surface area contributed by atoms with Crippen LogP contribution in [-0.4, -0.2) is 29.0 Å². The van der Waals surface area contributed by atoms with E-state index in [1.165, 1.54) is 43.5 Å². The quantitative estimate of drug-likeness (QED) is 0.244. The van der Waals surface area contributed by atoms with Gasteiger partial charge in [-0.2, -0.15) is 5.26 Å². The maximum absolute atomic E-state index is 12.5. The zero-order chi connectivity index (χ0) is 23.3. The van der Waals surface area contributed by atoms with Crippen molar-refractivity contribution in [3.63, 3.8) is 0 Å². The third-order valence-corrected chi connectivity index (χ3v) is 4.34. The Morgan fingerprint density at radius 1 is 1.19 bits per heavy atom. The number of nitriles is 1. The van der Waals surface area contributed by atoms with E-state index in [0.717, 1.165) is 6.07 Å². The normalized spacial score (nSPS) is 10.8. The molecule has 3 aromatic rings. The lowest BCUT2D eigenvalue weighted by Crippen LogP contribution is -2.14. The summed E-state index contributed by atoms with van der Waals surface area (Å²) in [5.41, 5.74) is -0.0964. The molecule has 1 aromatic heterocycles. The van der Waals surface area contributed by atoms with Crippen LogP contribution in [0.2, 0.25) is 0 Å². The minimum absolute atomic E-state index is 0.0967. The van der Waals surface area contributed by atoms with Crippen LogP contribution in [0.1, 0.15) is 16.1 Å². The number of nitro benzene ring substituents is 1. The Morgan fingerprint density at radius 3 is 2.50 bits per heavy atom. The molecule has 0 spiro atoms. The number of nitrogens with zero attached hydrogens (tertiary/aromatic N) is 2. The van der Waals surface area contributed by atoms with Crippen molar-refractivity contribution in [2.24, 2.45) is 0 Å². The van der Waals surface area contributed by atoms with E-state index in [4.69, 9.17) is 14.3 Å². The van der Waals surface area contributed by atoms with Crippen LogP contribution in [0.25, 0.3) is 17.4 Å². The molecule has 0 unspecified atom stereocenters. The van der Waals surface area contributed by atoms with E-state index in [-0.39, 0.29) is 34.0 Å². The molecule has 0 aliphatic heterocycles. The van der Waals surface area contributed by atoms with Gasteiger partial charge in [-0.05, 0) is 36.4 Å². The molecule has 2 aromatic carbocycles. The molecule has 160 valence electrons. The van der Waals surface area contributed by atoms with Crippen LogP contribution in [0.15, 0.2) is 64.6 Å². The fourth-order valence-corrected chi connectivity index (χ4v) is 2.74. The Labute approximate surface area is 181 Å². The molecule has 0 fully saturated rings. The number of rotatable bonds is 7. The predicted molar refractivity (Wildman–Crippen MR) is 113 cm³/mol. The zero-order valence-corrected chi connectivity index (χ0v) is 16.6. The van der Waals surface area contributed by atoms with Crippen LogP contribution in [0.5, 0.6) is 5.75 Å². The summed E-state index contributed by atoms with van der Waals surface area (Å²) in [5.74, 6) is -1.08. The monoisotopic (exact) mass is 433 g/mol. The van der Waals surface area contributed by atoms with Crippen LogP contribution in [0, 0.1) is 21.4 Å². The number of hydrogen-bond donors (Lipinski definition) is 2. The second-order valence-electron chi connectivity index (χ2n) is 6.35. The number of furan rings is 1. The van der Waals surface area contributed by atoms with Crippen molar-refractivity contribution >= 4 is 29.3 Å². The van der Waals surface area contributed by atoms with Crippen LogP contribution in [0.3, 0.4) is 0 Å². The average Bonchev–Trinajstić information content (AvgIpc) is 3.26. The van der Waals surface area contributed by atoms with E-state index in [0.29, 0.717) is 11.3 Å². The van der Waals surface area contributed by atoms with E-state index >= 15 is 0 Å². The molecule has 0 saturated heterocycles. The topological polar surface area (TPSA) is 156 Å². The Morgan fingerprint density at radius 2 is 1.91 bits per heavy atom. The van der Waals surface area contributed by atoms with Crippen LogP contribution in [-0.2, 0) is 4.79 Å². The molecule has 0 radical (unpaired) electrons. The van der Waals surface area contributed by atoms with E-state index in [1.807, 2.05) is 0 Å². The number of hydrogen-bond acceptors (Lipinski definition) is 7. The van der Waals surface area contributed by atoms with Gasteiger partial charge in [0.1, 0.15) is 34.6 Å². The number of carbonyl (C=O) groups excluding carboxylic acids is 1. The lowest BCUT2D eigenvalue weighted by Gasteiger charge is -2.07. The highest BCUT2D eigenvalue weighted by Crippen LogP contribution is 2.29. The van der Waals surface area contributed by atoms with E-state index < -0.39 is 16.8 Å². The maximum Gasteiger partial charge on any atom is 0.335 e. The van der Waals surface area contributed by atoms with Gasteiger partial charge in [0.05, 0.1) is 23.7 Å². The number of nitrogens with one attached hydrogen (secondary N) is 1. The van der Waals surface area contributed by atoms with Gasteiger partial charge < -0.3 is 19.6 Å². The number of anilines is 1. The Kier molecular flexibility index (Phi) is 6.31. The van der Waals surface area contributed by atoms with E-state index in [2.05, 4.69) is 5.32 Å². The molecule has 1 amide bonds. The fraction of sp³-hybridized carbons (Fsp3) is 0.0455. The van der Waals surface area contributed by atoms with Crippen LogP contribution in [0.4, 0.5) is 11.4 Å². The lowest BCUT2D eigenvalue weighted by molar-refractivity contribution is -0.384. The predicted octanol–water partition coefficient (Wildman–Crippen LogP) is 4.11. The molecule has 3 rings (SSSR count). The molecule has 1 heterocycles. The van der Waals surface area contributed by atoms with Gasteiger partial charge in [0, 0.05) is 11.6 Å². The summed E-state index contributed by atoms with van der Waals surface area (Å²) in [7, 11) is 1.35. The molecular weight excluding hydrogens is 418 g/mol. The maximum atomic E-state index is 12.5. The van der Waals surface area contributed by atoms with Gasteiger partial charge in [-0.15, -0.1) is 0 Å². The average molecular weight is 433 g/mol. The van der Waals surface area contributed by atoms with Crippen molar-refractivity contribution in [1.82, 2.24) is 0 Å². The van der Waals surface area contributed by atoms with Crippen LogP contribution < -0.4 is 10.1 Å². The Bertz CT molecular complexity index is 1270. The number of methoxy groups -OCH3 is 1. The van der Waals surface area contributed by atoms with Gasteiger partial charge in [-0.25, -0.2) is 4.79 Å². The molecule has 2 N–H and O–H groups in total. The first-order valence-electron chi connectivity index (χ1n) is 9.01. The highest BCUT2D eigenvalue weighted by molar-refractivity contribution is 6.10. The fourth-order valence-electron chi connectivity index (χ4n) is 2.74. The van der Waals surface area contributed by atoms with Crippen molar-refractivity contribution in [3.8, 4) is 23.1 Å². The van der Waals surface area contributed by atoms with Crippen molar-refractivity contribution in [2.45, 2.75) is 0 Å². The third-order valence-electron chi connectivity index (χ3n) is 4.34. The van der Waals surface area contributed by atoms with Gasteiger partial charge in [0.2, 0.25) is 0 Å². The Hall–Kier alpha value is -4.91. The van der Waals surface area contributed by atoms with Gasteiger partial charge in [-0.3, -0.25) is 14.9 Å². The first-order chi connectivity index (χ1) is 15.3. The molecule has 0 aliphatic carbocycles. The minimum Gasteiger partial charge on any atom is -0.496 e. The minimum atomic E-state index is -1.05. The van der Waals surface area contributed by atoms with Gasteiger partial charge in [-0.1, -0.05) is 12.1 Å². The van der Waals surface area contributed by atoms with E-state index in [1.54, 1.807) is 24.3 Å². The summed E-state index contributed by atoms with van der Waals surface area (Å²) in [4.78, 5) is 34.0. The first kappa shape index (κ1) is 21.8. The number of carboxylic acids is 1.